The van der Waals surface area contributed by atoms with Gasteiger partial charge in [-0.15, -0.1) is 0 Å². The molecular formula is C38H75O4P. The highest BCUT2D eigenvalue weighted by atomic mass is 31.1. The highest BCUT2D eigenvalue weighted by molar-refractivity contribution is 7.30. The molecule has 0 aliphatic heterocycles. The second-order valence-corrected chi connectivity index (χ2v) is 14.5. The van der Waals surface area contributed by atoms with Crippen LogP contribution in [0.2, 0.25) is 0 Å². The molecule has 0 rings (SSSR count). The lowest BCUT2D eigenvalue weighted by molar-refractivity contribution is -0.143. The van der Waals surface area contributed by atoms with E-state index in [0.717, 1.165) is 25.7 Å². The minimum absolute atomic E-state index is 0.0130. The van der Waals surface area contributed by atoms with Gasteiger partial charge in [0.1, 0.15) is 0 Å². The molecule has 0 spiro atoms. The molecule has 0 bridgehead atoms. The Morgan fingerprint density at radius 3 is 1.00 bits per heavy atom. The smallest absolute Gasteiger partial charge is 0.315 e. The number of hydrogen-bond donors (Lipinski definition) is 0. The van der Waals surface area contributed by atoms with Crippen LogP contribution in [0, 0.1) is 0 Å². The van der Waals surface area contributed by atoms with Gasteiger partial charge in [-0.1, -0.05) is 200 Å². The Labute approximate surface area is 269 Å². The van der Waals surface area contributed by atoms with Crippen LogP contribution < -0.4 is 0 Å². The van der Waals surface area contributed by atoms with E-state index in [2.05, 4.69) is 6.92 Å². The Morgan fingerprint density at radius 1 is 0.395 bits per heavy atom. The molecule has 0 fully saturated rings. The molecule has 0 N–H and O–H groups in total. The third kappa shape index (κ3) is 39.3. The quantitative estimate of drug-likeness (QED) is 0.0391. The summed E-state index contributed by atoms with van der Waals surface area (Å²) in [6.07, 6.45) is 44.1. The minimum atomic E-state index is -2.17. The summed E-state index contributed by atoms with van der Waals surface area (Å²) in [5.41, 5.74) is 0. The average Bonchev–Trinajstić information content (AvgIpc) is 2.99. The van der Waals surface area contributed by atoms with Crippen molar-refractivity contribution in [3.8, 4) is 0 Å². The molecular weight excluding hydrogens is 551 g/mol. The maximum absolute atomic E-state index is 11.9. The van der Waals surface area contributed by atoms with Gasteiger partial charge in [0.15, 0.2) is 0 Å². The van der Waals surface area contributed by atoms with E-state index in [-0.39, 0.29) is 5.97 Å². The van der Waals surface area contributed by atoms with Crippen LogP contribution in [0.4, 0.5) is 0 Å². The summed E-state index contributed by atoms with van der Waals surface area (Å²) in [7, 11) is -2.17. The van der Waals surface area contributed by atoms with Gasteiger partial charge in [-0.3, -0.25) is 4.79 Å². The highest BCUT2D eigenvalue weighted by Gasteiger charge is 2.03. The molecule has 0 aromatic rings. The number of esters is 1. The van der Waals surface area contributed by atoms with E-state index in [0.29, 0.717) is 19.2 Å². The van der Waals surface area contributed by atoms with Gasteiger partial charge in [0, 0.05) is 6.42 Å². The predicted molar refractivity (Wildman–Crippen MR) is 187 cm³/mol. The number of carbonyl (C=O) groups excluding carboxylic acids is 1. The lowest BCUT2D eigenvalue weighted by atomic mass is 10.0. The first-order valence-electron chi connectivity index (χ1n) is 19.4. The van der Waals surface area contributed by atoms with E-state index in [1.165, 1.54) is 186 Å². The molecule has 256 valence electrons. The average molecular weight is 627 g/mol. The molecule has 0 saturated carbocycles. The fourth-order valence-electron chi connectivity index (χ4n) is 6.07. The second kappa shape index (κ2) is 37.6. The zero-order valence-corrected chi connectivity index (χ0v) is 29.9. The van der Waals surface area contributed by atoms with Crippen LogP contribution in [-0.2, 0) is 18.7 Å². The van der Waals surface area contributed by atoms with Crippen molar-refractivity contribution in [2.45, 2.75) is 225 Å². The molecule has 0 radical (unpaired) electrons. The first-order chi connectivity index (χ1) is 21.2. The third-order valence-electron chi connectivity index (χ3n) is 8.98. The van der Waals surface area contributed by atoms with Crippen molar-refractivity contribution in [1.82, 2.24) is 0 Å². The zero-order chi connectivity index (χ0) is 31.3. The summed E-state index contributed by atoms with van der Waals surface area (Å²) in [5, 5.41) is 0. The number of carbonyl (C=O) groups is 1. The summed E-state index contributed by atoms with van der Waals surface area (Å²) in [6, 6.07) is 0. The second-order valence-electron chi connectivity index (χ2n) is 13.3. The van der Waals surface area contributed by atoms with Gasteiger partial charge in [-0.05, 0) is 19.3 Å². The first kappa shape index (κ1) is 42.4. The van der Waals surface area contributed by atoms with Crippen molar-refractivity contribution in [3.05, 3.63) is 0 Å². The Balaban J connectivity index is 3.15. The number of rotatable bonds is 37. The molecule has 0 atom stereocenters. The predicted octanol–water partition coefficient (Wildman–Crippen LogP) is 14.0. The third-order valence-corrected chi connectivity index (χ3v) is 9.66. The fourth-order valence-corrected chi connectivity index (χ4v) is 6.55. The molecule has 43 heavy (non-hydrogen) atoms. The molecule has 0 aliphatic rings. The summed E-state index contributed by atoms with van der Waals surface area (Å²) < 4.78 is 26.5. The van der Waals surface area contributed by atoms with Gasteiger partial charge in [0.2, 0.25) is 0 Å². The van der Waals surface area contributed by atoms with E-state index in [1.807, 2.05) is 0 Å². The highest BCUT2D eigenvalue weighted by Crippen LogP contribution is 2.16. The number of ether oxygens (including phenoxy) is 1. The zero-order valence-electron chi connectivity index (χ0n) is 29.0. The Morgan fingerprint density at radius 2 is 0.674 bits per heavy atom. The van der Waals surface area contributed by atoms with Gasteiger partial charge in [-0.2, -0.15) is 0 Å². The summed E-state index contributed by atoms with van der Waals surface area (Å²) in [4.78, 5) is 11.9. The van der Waals surface area contributed by atoms with E-state index in [1.54, 1.807) is 0 Å². The summed E-state index contributed by atoms with van der Waals surface area (Å²) >= 11 is 0. The number of unbranched alkanes of at least 4 members (excludes halogenated alkanes) is 31. The molecule has 4 nitrogen and oxygen atoms in total. The van der Waals surface area contributed by atoms with E-state index in [9.17, 15) is 13.9 Å². The van der Waals surface area contributed by atoms with Crippen molar-refractivity contribution in [3.63, 3.8) is 0 Å². The first-order valence-corrected chi connectivity index (χ1v) is 20.8. The lowest BCUT2D eigenvalue weighted by Crippen LogP contribution is -2.05. The minimum Gasteiger partial charge on any atom is -0.466 e. The van der Waals surface area contributed by atoms with Gasteiger partial charge >= 0.3 is 13.6 Å². The van der Waals surface area contributed by atoms with Crippen LogP contribution >= 0.6 is 7.68 Å². The molecule has 0 aromatic heterocycles. The van der Waals surface area contributed by atoms with E-state index in [4.69, 9.17) is 4.74 Å². The maximum atomic E-state index is 11.9. The lowest BCUT2D eigenvalue weighted by Gasteiger charge is -2.06. The van der Waals surface area contributed by atoms with Crippen molar-refractivity contribution >= 4 is 13.6 Å². The summed E-state index contributed by atoms with van der Waals surface area (Å²) in [5.74, 6) is 0.0130. The monoisotopic (exact) mass is 627 g/mol. The molecule has 5 heteroatoms. The van der Waals surface area contributed by atoms with E-state index < -0.39 is 7.68 Å². The van der Waals surface area contributed by atoms with Crippen molar-refractivity contribution in [2.75, 3.05) is 12.8 Å². The van der Waals surface area contributed by atoms with Gasteiger partial charge < -0.3 is 4.74 Å². The van der Waals surface area contributed by atoms with Crippen LogP contribution in [0.15, 0.2) is 0 Å². The molecule has 0 unspecified atom stereocenters. The molecule has 0 amide bonds. The Kier molecular flexibility index (Phi) is 37.0. The van der Waals surface area contributed by atoms with Crippen molar-refractivity contribution in [2.24, 2.45) is 0 Å². The van der Waals surface area contributed by atoms with E-state index >= 15 is 0 Å². The fraction of sp³-hybridized carbons (Fsp3) is 0.974. The van der Waals surface area contributed by atoms with Crippen LogP contribution in [0.3, 0.4) is 0 Å². The molecule has 0 aliphatic carbocycles. The Hall–Kier alpha value is -0.630. The van der Waals surface area contributed by atoms with Gasteiger partial charge in [0.05, 0.1) is 12.8 Å². The van der Waals surface area contributed by atoms with Crippen LogP contribution in [-0.4, -0.2) is 18.7 Å². The summed E-state index contributed by atoms with van der Waals surface area (Å²) in [6.45, 7) is 2.90. The van der Waals surface area contributed by atoms with Gasteiger partial charge in [0.25, 0.3) is 0 Å². The normalized spacial score (nSPS) is 11.3. The van der Waals surface area contributed by atoms with Gasteiger partial charge in [-0.25, -0.2) is 9.13 Å². The molecule has 0 aromatic carbocycles. The van der Waals surface area contributed by atoms with Crippen molar-refractivity contribution < 1.29 is 18.7 Å². The van der Waals surface area contributed by atoms with Crippen LogP contribution in [0.5, 0.6) is 0 Å². The van der Waals surface area contributed by atoms with Crippen LogP contribution in [0.25, 0.3) is 0 Å². The molecule has 0 heterocycles. The maximum Gasteiger partial charge on any atom is 0.315 e. The van der Waals surface area contributed by atoms with Crippen molar-refractivity contribution in [1.29, 1.82) is 0 Å². The SMILES string of the molecule is CCCCCCCCCCCCCCCCCC(=O)OCCCCCCCCCCCCCCCCCCCCP(=O)=O. The standard InChI is InChI=1S/C38H75O4P/c1-2-3-4-5-6-7-8-9-14-17-20-23-26-29-32-35-38(39)42-36-33-30-27-24-21-18-15-12-10-11-13-16-19-22-25-28-31-34-37-43(40)41/h2-37H2,1H3. The Bertz CT molecular complexity index is 611. The molecule has 0 saturated heterocycles. The number of hydrogen-bond acceptors (Lipinski definition) is 4. The topological polar surface area (TPSA) is 60.4 Å². The van der Waals surface area contributed by atoms with Crippen LogP contribution in [0.1, 0.15) is 225 Å². The largest absolute Gasteiger partial charge is 0.466 e.